The van der Waals surface area contributed by atoms with Gasteiger partial charge in [0, 0.05) is 30.1 Å². The van der Waals surface area contributed by atoms with Crippen LogP contribution < -0.4 is 16.0 Å². The summed E-state index contributed by atoms with van der Waals surface area (Å²) in [5.41, 5.74) is 1.93. The topological polar surface area (TPSA) is 91.3 Å². The summed E-state index contributed by atoms with van der Waals surface area (Å²) in [4.78, 5) is 26.5. The van der Waals surface area contributed by atoms with Gasteiger partial charge in [-0.1, -0.05) is 6.07 Å². The minimum Gasteiger partial charge on any atom is -0.357 e. The monoisotopic (exact) mass is 502 g/mol. The van der Waals surface area contributed by atoms with Gasteiger partial charge in [-0.15, -0.1) is 35.3 Å². The van der Waals surface area contributed by atoms with E-state index in [-0.39, 0.29) is 29.9 Å². The van der Waals surface area contributed by atoms with Gasteiger partial charge in [0.05, 0.1) is 12.2 Å². The number of aromatic nitrogens is 2. The highest BCUT2D eigenvalue weighted by Crippen LogP contribution is 2.16. The predicted octanol–water partition coefficient (Wildman–Crippen LogP) is 3.17. The second-order valence-electron chi connectivity index (χ2n) is 5.83. The summed E-state index contributed by atoms with van der Waals surface area (Å²) in [6, 6.07) is 5.54. The molecule has 0 fully saturated rings. The fraction of sp³-hybridized carbons (Fsp3) is 0.444. The molecule has 3 N–H and O–H groups in total. The highest BCUT2D eigenvalue weighted by Gasteiger charge is 2.06. The van der Waals surface area contributed by atoms with Gasteiger partial charge in [-0.25, -0.2) is 15.0 Å². The van der Waals surface area contributed by atoms with Crippen LogP contribution in [0.3, 0.4) is 0 Å². The number of rotatable bonds is 7. The number of hydrogen-bond acceptors (Lipinski definition) is 5. The van der Waals surface area contributed by atoms with Crippen molar-refractivity contribution < 1.29 is 4.79 Å². The highest BCUT2D eigenvalue weighted by molar-refractivity contribution is 14.0. The summed E-state index contributed by atoms with van der Waals surface area (Å²) in [6.45, 7) is 9.72. The van der Waals surface area contributed by atoms with Crippen molar-refractivity contribution in [1.82, 2.24) is 20.6 Å². The van der Waals surface area contributed by atoms with E-state index in [2.05, 4.69) is 37.8 Å². The number of thiazole rings is 1. The van der Waals surface area contributed by atoms with Gasteiger partial charge in [0.2, 0.25) is 5.91 Å². The second-order valence-corrected chi connectivity index (χ2v) is 7.12. The molecule has 2 aromatic rings. The largest absolute Gasteiger partial charge is 0.357 e. The summed E-state index contributed by atoms with van der Waals surface area (Å²) in [5, 5.41) is 10.1. The molecular weight excluding hydrogens is 475 g/mol. The van der Waals surface area contributed by atoms with Crippen LogP contribution in [0.5, 0.6) is 0 Å². The Morgan fingerprint density at radius 3 is 2.59 bits per heavy atom. The van der Waals surface area contributed by atoms with E-state index < -0.39 is 0 Å². The smallest absolute Gasteiger partial charge is 0.227 e. The number of hydrogen-bond donors (Lipinski definition) is 3. The first kappa shape index (κ1) is 23.3. The first-order valence-corrected chi connectivity index (χ1v) is 9.48. The maximum absolute atomic E-state index is 12.0. The minimum atomic E-state index is -0.0855. The third kappa shape index (κ3) is 8.21. The Morgan fingerprint density at radius 2 is 1.96 bits per heavy atom. The summed E-state index contributed by atoms with van der Waals surface area (Å²) in [7, 11) is 0. The molecule has 148 valence electrons. The average Bonchev–Trinajstić information content (AvgIpc) is 2.91. The zero-order chi connectivity index (χ0) is 18.9. The zero-order valence-electron chi connectivity index (χ0n) is 16.1. The Balaban J connectivity index is 0.00000364. The van der Waals surface area contributed by atoms with Crippen LogP contribution in [-0.4, -0.2) is 34.9 Å². The molecule has 0 radical (unpaired) electrons. The van der Waals surface area contributed by atoms with Crippen molar-refractivity contribution >= 4 is 53.0 Å². The van der Waals surface area contributed by atoms with Crippen LogP contribution in [0.4, 0.5) is 5.82 Å². The molecule has 2 heterocycles. The third-order valence-electron chi connectivity index (χ3n) is 3.59. The molecule has 0 unspecified atom stereocenters. The maximum Gasteiger partial charge on any atom is 0.227 e. The van der Waals surface area contributed by atoms with Gasteiger partial charge in [-0.3, -0.25) is 4.79 Å². The number of nitrogens with zero attached hydrogens (tertiary/aromatic N) is 3. The van der Waals surface area contributed by atoms with Crippen LogP contribution >= 0.6 is 35.3 Å². The molecule has 0 saturated carbocycles. The van der Waals surface area contributed by atoms with Gasteiger partial charge < -0.3 is 16.0 Å². The van der Waals surface area contributed by atoms with Gasteiger partial charge >= 0.3 is 0 Å². The van der Waals surface area contributed by atoms with E-state index in [0.29, 0.717) is 31.3 Å². The number of anilines is 1. The SMILES string of the molecule is CCNC(=NCc1nc(C)c(C)s1)NCCC(=O)Nc1cccc(C)n1.I. The van der Waals surface area contributed by atoms with Crippen LogP contribution in [0.2, 0.25) is 0 Å². The van der Waals surface area contributed by atoms with E-state index >= 15 is 0 Å². The fourth-order valence-electron chi connectivity index (χ4n) is 2.21. The summed E-state index contributed by atoms with van der Waals surface area (Å²) < 4.78 is 0. The molecule has 0 saturated heterocycles. The third-order valence-corrected chi connectivity index (χ3v) is 4.65. The number of carbonyl (C=O) groups excluding carboxylic acids is 1. The lowest BCUT2D eigenvalue weighted by Crippen LogP contribution is -2.38. The highest BCUT2D eigenvalue weighted by atomic mass is 127. The number of pyridine rings is 1. The predicted molar refractivity (Wildman–Crippen MR) is 122 cm³/mol. The summed E-state index contributed by atoms with van der Waals surface area (Å²) in [6.07, 6.45) is 0.329. The van der Waals surface area contributed by atoms with Crippen LogP contribution in [0.1, 0.15) is 34.6 Å². The quantitative estimate of drug-likeness (QED) is 0.308. The van der Waals surface area contributed by atoms with Gasteiger partial charge in [0.1, 0.15) is 10.8 Å². The first-order valence-electron chi connectivity index (χ1n) is 8.66. The van der Waals surface area contributed by atoms with Gasteiger partial charge in [0.15, 0.2) is 5.96 Å². The van der Waals surface area contributed by atoms with E-state index in [9.17, 15) is 4.79 Å². The molecule has 0 spiro atoms. The number of nitrogens with one attached hydrogen (secondary N) is 3. The van der Waals surface area contributed by atoms with Gasteiger partial charge in [-0.2, -0.15) is 0 Å². The lowest BCUT2D eigenvalue weighted by atomic mass is 10.3. The minimum absolute atomic E-state index is 0. The normalized spacial score (nSPS) is 10.9. The number of guanidine groups is 1. The molecule has 0 aliphatic carbocycles. The van der Waals surface area contributed by atoms with Crippen LogP contribution in [0.15, 0.2) is 23.2 Å². The first-order chi connectivity index (χ1) is 12.5. The lowest BCUT2D eigenvalue weighted by molar-refractivity contribution is -0.116. The van der Waals surface area contributed by atoms with Gasteiger partial charge in [-0.05, 0) is 39.8 Å². The van der Waals surface area contributed by atoms with Crippen molar-refractivity contribution in [2.45, 2.75) is 40.7 Å². The Bertz CT molecular complexity index is 757. The average molecular weight is 502 g/mol. The van der Waals surface area contributed by atoms with Crippen molar-refractivity contribution in [3.05, 3.63) is 39.5 Å². The van der Waals surface area contributed by atoms with E-state index in [0.717, 1.165) is 22.9 Å². The fourth-order valence-corrected chi connectivity index (χ4v) is 3.07. The number of halogens is 1. The molecule has 0 aliphatic rings. The molecule has 0 aliphatic heterocycles. The van der Waals surface area contributed by atoms with E-state index in [4.69, 9.17) is 0 Å². The summed E-state index contributed by atoms with van der Waals surface area (Å²) >= 11 is 1.66. The lowest BCUT2D eigenvalue weighted by Gasteiger charge is -2.11. The molecular formula is C18H27IN6OS. The molecule has 9 heteroatoms. The molecule has 0 bridgehead atoms. The molecule has 2 rings (SSSR count). The van der Waals surface area contributed by atoms with Crippen molar-refractivity contribution in [2.24, 2.45) is 4.99 Å². The van der Waals surface area contributed by atoms with Crippen molar-refractivity contribution in [1.29, 1.82) is 0 Å². The van der Waals surface area contributed by atoms with E-state index in [1.807, 2.05) is 32.9 Å². The Morgan fingerprint density at radius 1 is 1.19 bits per heavy atom. The number of aryl methyl sites for hydroxylation is 3. The number of aliphatic imine (C=N–C) groups is 1. The molecule has 27 heavy (non-hydrogen) atoms. The standard InChI is InChI=1S/C18H26N6OS.HI/c1-5-19-18(21-11-17-23-13(3)14(4)26-17)20-10-9-16(25)24-15-8-6-7-12(2)22-15;/h6-8H,5,9-11H2,1-4H3,(H2,19,20,21)(H,22,24,25);1H. The van der Waals surface area contributed by atoms with Crippen LogP contribution in [0.25, 0.3) is 0 Å². The van der Waals surface area contributed by atoms with Crippen LogP contribution in [0, 0.1) is 20.8 Å². The molecule has 0 atom stereocenters. The molecule has 1 amide bonds. The Hall–Kier alpha value is -1.75. The van der Waals surface area contributed by atoms with Crippen molar-refractivity contribution in [3.8, 4) is 0 Å². The number of amides is 1. The van der Waals surface area contributed by atoms with E-state index in [1.165, 1.54) is 4.88 Å². The van der Waals surface area contributed by atoms with Crippen LogP contribution in [-0.2, 0) is 11.3 Å². The second kappa shape index (κ2) is 11.9. The molecule has 2 aromatic heterocycles. The zero-order valence-corrected chi connectivity index (χ0v) is 19.3. The van der Waals surface area contributed by atoms with E-state index in [1.54, 1.807) is 17.4 Å². The Labute approximate surface area is 181 Å². The van der Waals surface area contributed by atoms with Crippen molar-refractivity contribution in [2.75, 3.05) is 18.4 Å². The van der Waals surface area contributed by atoms with Crippen molar-refractivity contribution in [3.63, 3.8) is 0 Å². The number of carbonyl (C=O) groups is 1. The summed E-state index contributed by atoms with van der Waals surface area (Å²) in [5.74, 6) is 1.17. The van der Waals surface area contributed by atoms with Gasteiger partial charge in [0.25, 0.3) is 0 Å². The molecule has 0 aromatic carbocycles. The molecule has 7 nitrogen and oxygen atoms in total. The maximum atomic E-state index is 12.0. The Kier molecular flexibility index (Phi) is 10.2.